The van der Waals surface area contributed by atoms with Gasteiger partial charge in [0, 0.05) is 22.5 Å². The summed E-state index contributed by atoms with van der Waals surface area (Å²) in [4.78, 5) is 12.7. The standard InChI is InChI=1S/C23H21BrClN5O/c1-15-11-16(2)30(27-15)13-18-3-7-19(8-4-18)23(31)26-22-21(24)14-29(28-22)12-17-5-9-20(25)10-6-17/h3-11,14H,12-13H2,1-2H3,(H,26,28,31). The van der Waals surface area contributed by atoms with E-state index in [0.717, 1.165) is 27.0 Å². The maximum atomic E-state index is 12.7. The molecule has 4 rings (SSSR count). The smallest absolute Gasteiger partial charge is 0.256 e. The summed E-state index contributed by atoms with van der Waals surface area (Å²) in [5.41, 5.74) is 4.82. The second kappa shape index (κ2) is 9.08. The first-order valence-electron chi connectivity index (χ1n) is 9.76. The van der Waals surface area contributed by atoms with Crippen LogP contribution in [0, 0.1) is 13.8 Å². The van der Waals surface area contributed by atoms with Crippen LogP contribution in [0.15, 0.2) is 65.3 Å². The molecule has 0 bridgehead atoms. The van der Waals surface area contributed by atoms with Crippen LogP contribution in [-0.2, 0) is 13.1 Å². The summed E-state index contributed by atoms with van der Waals surface area (Å²) in [7, 11) is 0. The van der Waals surface area contributed by atoms with Crippen LogP contribution in [0.2, 0.25) is 5.02 Å². The summed E-state index contributed by atoms with van der Waals surface area (Å²) in [5.74, 6) is 0.265. The maximum absolute atomic E-state index is 12.7. The van der Waals surface area contributed by atoms with E-state index < -0.39 is 0 Å². The molecule has 2 aromatic carbocycles. The van der Waals surface area contributed by atoms with Crippen LogP contribution in [0.5, 0.6) is 0 Å². The molecule has 0 spiro atoms. The van der Waals surface area contributed by atoms with Crippen molar-refractivity contribution in [2.75, 3.05) is 5.32 Å². The van der Waals surface area contributed by atoms with Crippen molar-refractivity contribution >= 4 is 39.3 Å². The Hall–Kier alpha value is -2.90. The van der Waals surface area contributed by atoms with Crippen LogP contribution >= 0.6 is 27.5 Å². The molecule has 1 N–H and O–H groups in total. The van der Waals surface area contributed by atoms with Crippen LogP contribution < -0.4 is 5.32 Å². The molecule has 158 valence electrons. The van der Waals surface area contributed by atoms with Crippen molar-refractivity contribution in [1.82, 2.24) is 19.6 Å². The normalized spacial score (nSPS) is 11.0. The zero-order valence-corrected chi connectivity index (χ0v) is 19.5. The predicted octanol–water partition coefficient (Wildman–Crippen LogP) is 5.46. The maximum Gasteiger partial charge on any atom is 0.256 e. The number of anilines is 1. The SMILES string of the molecule is Cc1cc(C)n(Cc2ccc(C(=O)Nc3nn(Cc4ccc(Cl)cc4)cc3Br)cc2)n1. The molecule has 2 aromatic heterocycles. The molecule has 0 saturated heterocycles. The molecule has 0 saturated carbocycles. The minimum atomic E-state index is -0.213. The lowest BCUT2D eigenvalue weighted by Crippen LogP contribution is -2.13. The number of hydrogen-bond acceptors (Lipinski definition) is 3. The molecule has 31 heavy (non-hydrogen) atoms. The monoisotopic (exact) mass is 497 g/mol. The minimum absolute atomic E-state index is 0.213. The van der Waals surface area contributed by atoms with Gasteiger partial charge in [-0.3, -0.25) is 14.2 Å². The van der Waals surface area contributed by atoms with Crippen LogP contribution in [0.3, 0.4) is 0 Å². The van der Waals surface area contributed by atoms with E-state index in [-0.39, 0.29) is 5.91 Å². The van der Waals surface area contributed by atoms with E-state index in [4.69, 9.17) is 11.6 Å². The fraction of sp³-hybridized carbons (Fsp3) is 0.174. The number of nitrogens with zero attached hydrogens (tertiary/aromatic N) is 4. The highest BCUT2D eigenvalue weighted by molar-refractivity contribution is 9.10. The van der Waals surface area contributed by atoms with Gasteiger partial charge in [-0.25, -0.2) is 0 Å². The Morgan fingerprint density at radius 1 is 1.00 bits per heavy atom. The van der Waals surface area contributed by atoms with Gasteiger partial charge in [0.25, 0.3) is 5.91 Å². The molecular weight excluding hydrogens is 478 g/mol. The number of aromatic nitrogens is 4. The van der Waals surface area contributed by atoms with Gasteiger partial charge < -0.3 is 5.32 Å². The molecule has 8 heteroatoms. The molecule has 0 aliphatic heterocycles. The van der Waals surface area contributed by atoms with Crippen molar-refractivity contribution in [2.45, 2.75) is 26.9 Å². The van der Waals surface area contributed by atoms with E-state index in [2.05, 4.69) is 31.4 Å². The molecule has 0 aliphatic rings. The summed E-state index contributed by atoms with van der Waals surface area (Å²) in [6, 6.07) is 17.1. The van der Waals surface area contributed by atoms with Crippen molar-refractivity contribution in [3.8, 4) is 0 Å². The number of hydrogen-bond donors (Lipinski definition) is 1. The number of carbonyl (C=O) groups excluding carboxylic acids is 1. The number of rotatable bonds is 6. The summed E-state index contributed by atoms with van der Waals surface area (Å²) < 4.78 is 4.44. The zero-order valence-electron chi connectivity index (χ0n) is 17.1. The first kappa shape index (κ1) is 21.3. The number of halogens is 2. The molecule has 0 aliphatic carbocycles. The van der Waals surface area contributed by atoms with Crippen LogP contribution in [0.25, 0.3) is 0 Å². The third kappa shape index (κ3) is 5.24. The van der Waals surface area contributed by atoms with E-state index in [1.807, 2.05) is 79.3 Å². The quantitative estimate of drug-likeness (QED) is 0.384. The van der Waals surface area contributed by atoms with Gasteiger partial charge in [0.1, 0.15) is 0 Å². The lowest BCUT2D eigenvalue weighted by Gasteiger charge is -2.07. The van der Waals surface area contributed by atoms with Gasteiger partial charge in [0.2, 0.25) is 0 Å². The second-order valence-electron chi connectivity index (χ2n) is 7.39. The molecule has 1 amide bonds. The van der Waals surface area contributed by atoms with E-state index in [1.165, 1.54) is 0 Å². The highest BCUT2D eigenvalue weighted by atomic mass is 79.9. The number of amides is 1. The lowest BCUT2D eigenvalue weighted by atomic mass is 10.1. The molecule has 4 aromatic rings. The first-order valence-corrected chi connectivity index (χ1v) is 10.9. The number of carbonyl (C=O) groups is 1. The molecule has 0 fully saturated rings. The van der Waals surface area contributed by atoms with Crippen LogP contribution in [0.4, 0.5) is 5.82 Å². The summed E-state index contributed by atoms with van der Waals surface area (Å²) >= 11 is 9.41. The van der Waals surface area contributed by atoms with E-state index in [9.17, 15) is 4.79 Å². The van der Waals surface area contributed by atoms with E-state index in [0.29, 0.717) is 29.5 Å². The number of nitrogens with one attached hydrogen (secondary N) is 1. The van der Waals surface area contributed by atoms with E-state index >= 15 is 0 Å². The van der Waals surface area contributed by atoms with Gasteiger partial charge in [0.05, 0.1) is 23.3 Å². The van der Waals surface area contributed by atoms with Gasteiger partial charge >= 0.3 is 0 Å². The van der Waals surface area contributed by atoms with E-state index in [1.54, 1.807) is 4.68 Å². The summed E-state index contributed by atoms with van der Waals surface area (Å²) in [5, 5.41) is 12.5. The predicted molar refractivity (Wildman–Crippen MR) is 126 cm³/mol. The van der Waals surface area contributed by atoms with Crippen molar-refractivity contribution in [3.05, 3.63) is 98.4 Å². The topological polar surface area (TPSA) is 64.7 Å². The van der Waals surface area contributed by atoms with Crippen LogP contribution in [0.1, 0.15) is 32.9 Å². The number of aryl methyl sites for hydroxylation is 2. The van der Waals surface area contributed by atoms with Crippen molar-refractivity contribution in [3.63, 3.8) is 0 Å². The Labute approximate surface area is 194 Å². The Morgan fingerprint density at radius 2 is 1.65 bits per heavy atom. The second-order valence-corrected chi connectivity index (χ2v) is 8.68. The summed E-state index contributed by atoms with van der Waals surface area (Å²) in [6.07, 6.45) is 1.84. The highest BCUT2D eigenvalue weighted by Gasteiger charge is 2.13. The van der Waals surface area contributed by atoms with Gasteiger partial charge in [-0.1, -0.05) is 35.9 Å². The molecule has 0 unspecified atom stereocenters. The minimum Gasteiger partial charge on any atom is -0.304 e. The van der Waals surface area contributed by atoms with Crippen molar-refractivity contribution < 1.29 is 4.79 Å². The Kier molecular flexibility index (Phi) is 6.25. The molecule has 0 atom stereocenters. The van der Waals surface area contributed by atoms with Crippen LogP contribution in [-0.4, -0.2) is 25.5 Å². The summed E-state index contributed by atoms with van der Waals surface area (Å²) in [6.45, 7) is 5.26. The Bertz CT molecular complexity index is 1210. The fourth-order valence-corrected chi connectivity index (χ4v) is 3.83. The molecule has 6 nitrogen and oxygen atoms in total. The average molecular weight is 499 g/mol. The van der Waals surface area contributed by atoms with Crippen molar-refractivity contribution in [2.24, 2.45) is 0 Å². The van der Waals surface area contributed by atoms with Gasteiger partial charge in [-0.15, -0.1) is 0 Å². The molecule has 0 radical (unpaired) electrons. The fourth-order valence-electron chi connectivity index (χ4n) is 3.29. The van der Waals surface area contributed by atoms with Crippen molar-refractivity contribution in [1.29, 1.82) is 0 Å². The zero-order chi connectivity index (χ0) is 22.0. The first-order chi connectivity index (χ1) is 14.9. The highest BCUT2D eigenvalue weighted by Crippen LogP contribution is 2.22. The third-order valence-corrected chi connectivity index (χ3v) is 5.69. The van der Waals surface area contributed by atoms with Gasteiger partial charge in [0.15, 0.2) is 5.82 Å². The Balaban J connectivity index is 1.41. The Morgan fingerprint density at radius 3 is 2.29 bits per heavy atom. The number of benzene rings is 2. The lowest BCUT2D eigenvalue weighted by molar-refractivity contribution is 0.102. The largest absolute Gasteiger partial charge is 0.304 e. The van der Waals surface area contributed by atoms with Gasteiger partial charge in [-0.05, 0) is 71.2 Å². The van der Waals surface area contributed by atoms with Gasteiger partial charge in [-0.2, -0.15) is 10.2 Å². The third-order valence-electron chi connectivity index (χ3n) is 4.86. The average Bonchev–Trinajstić information content (AvgIpc) is 3.24. The molecule has 2 heterocycles. The molecular formula is C23H21BrClN5O.